The largest absolute Gasteiger partial charge is 0.481 e. The molecule has 116 valence electrons. The van der Waals surface area contributed by atoms with Crippen LogP contribution in [-0.2, 0) is 24.7 Å². The monoisotopic (exact) mass is 325 g/mol. The minimum Gasteiger partial charge on any atom is -0.481 e. The Morgan fingerprint density at radius 2 is 1.75 bits per heavy atom. The van der Waals surface area contributed by atoms with E-state index in [1.807, 2.05) is 0 Å². The molecule has 0 unspecified atom stereocenters. The van der Waals surface area contributed by atoms with Crippen molar-refractivity contribution in [1.82, 2.24) is 4.31 Å². The zero-order valence-corrected chi connectivity index (χ0v) is 12.7. The summed E-state index contributed by atoms with van der Waals surface area (Å²) in [5, 5.41) is 8.30. The van der Waals surface area contributed by atoms with Crippen molar-refractivity contribution in [3.8, 4) is 0 Å². The number of carboxylic acids is 1. The SMILES string of the molecule is O=C(O)[C@H]1CCCN(S(=O)(=O)C2CCS(=O)(=O)CC2)C1. The van der Waals surface area contributed by atoms with Crippen LogP contribution in [0.2, 0.25) is 0 Å². The summed E-state index contributed by atoms with van der Waals surface area (Å²) in [6, 6.07) is 0. The first-order valence-corrected chi connectivity index (χ1v) is 9.97. The quantitative estimate of drug-likeness (QED) is 0.762. The first-order chi connectivity index (χ1) is 9.22. The minimum absolute atomic E-state index is 0.000909. The summed E-state index contributed by atoms with van der Waals surface area (Å²) < 4.78 is 48.9. The molecule has 1 atom stereocenters. The lowest BCUT2D eigenvalue weighted by Crippen LogP contribution is -2.48. The van der Waals surface area contributed by atoms with Gasteiger partial charge in [-0.2, -0.15) is 0 Å². The van der Waals surface area contributed by atoms with E-state index in [9.17, 15) is 21.6 Å². The number of piperidine rings is 1. The van der Waals surface area contributed by atoms with Gasteiger partial charge in [0, 0.05) is 13.1 Å². The molecule has 0 aliphatic carbocycles. The molecule has 2 aliphatic rings. The molecule has 2 aliphatic heterocycles. The summed E-state index contributed by atoms with van der Waals surface area (Å²) in [6.45, 7) is 0.330. The molecule has 2 rings (SSSR count). The summed E-state index contributed by atoms with van der Waals surface area (Å²) in [5.41, 5.74) is 0. The lowest BCUT2D eigenvalue weighted by molar-refractivity contribution is -0.142. The number of hydrogen-bond donors (Lipinski definition) is 1. The Bertz CT molecular complexity index is 568. The van der Waals surface area contributed by atoms with E-state index in [4.69, 9.17) is 5.11 Å². The van der Waals surface area contributed by atoms with Crippen molar-refractivity contribution in [2.75, 3.05) is 24.6 Å². The number of rotatable bonds is 3. The van der Waals surface area contributed by atoms with Crippen LogP contribution in [0.4, 0.5) is 0 Å². The Labute approximate surface area is 118 Å². The molecule has 20 heavy (non-hydrogen) atoms. The van der Waals surface area contributed by atoms with E-state index in [-0.39, 0.29) is 30.9 Å². The van der Waals surface area contributed by atoms with Crippen molar-refractivity contribution in [3.05, 3.63) is 0 Å². The third-order valence-electron chi connectivity index (χ3n) is 4.02. The van der Waals surface area contributed by atoms with Crippen molar-refractivity contribution in [2.45, 2.75) is 30.9 Å². The van der Waals surface area contributed by atoms with Crippen molar-refractivity contribution < 1.29 is 26.7 Å². The van der Waals surface area contributed by atoms with Crippen LogP contribution in [0.15, 0.2) is 0 Å². The molecule has 0 aromatic heterocycles. The van der Waals surface area contributed by atoms with Crippen LogP contribution in [-0.4, -0.2) is 62.1 Å². The van der Waals surface area contributed by atoms with E-state index in [1.165, 1.54) is 4.31 Å². The predicted octanol–water partition coefficient (Wildman–Crippen LogP) is -0.310. The van der Waals surface area contributed by atoms with Crippen LogP contribution in [0.5, 0.6) is 0 Å². The van der Waals surface area contributed by atoms with E-state index in [1.54, 1.807) is 0 Å². The number of sulfonamides is 1. The fourth-order valence-electron chi connectivity index (χ4n) is 2.75. The van der Waals surface area contributed by atoms with Gasteiger partial charge < -0.3 is 5.11 Å². The van der Waals surface area contributed by atoms with E-state index >= 15 is 0 Å². The van der Waals surface area contributed by atoms with Crippen LogP contribution in [0.1, 0.15) is 25.7 Å². The molecular formula is C11H19NO6S2. The molecule has 2 saturated heterocycles. The lowest BCUT2D eigenvalue weighted by atomic mass is 10.0. The summed E-state index contributed by atoms with van der Waals surface area (Å²) in [6.07, 6.45) is 1.24. The molecule has 2 fully saturated rings. The van der Waals surface area contributed by atoms with E-state index in [0.29, 0.717) is 19.4 Å². The molecule has 0 amide bonds. The van der Waals surface area contributed by atoms with E-state index in [0.717, 1.165) is 0 Å². The smallest absolute Gasteiger partial charge is 0.307 e. The second kappa shape index (κ2) is 5.61. The highest BCUT2D eigenvalue weighted by Gasteiger charge is 2.39. The molecule has 0 aromatic carbocycles. The maximum atomic E-state index is 12.5. The van der Waals surface area contributed by atoms with Gasteiger partial charge in [-0.05, 0) is 25.7 Å². The van der Waals surface area contributed by atoms with Gasteiger partial charge >= 0.3 is 5.97 Å². The van der Waals surface area contributed by atoms with Crippen molar-refractivity contribution in [2.24, 2.45) is 5.92 Å². The highest BCUT2D eigenvalue weighted by Crippen LogP contribution is 2.26. The Morgan fingerprint density at radius 1 is 1.15 bits per heavy atom. The third-order valence-corrected chi connectivity index (χ3v) is 8.10. The van der Waals surface area contributed by atoms with Gasteiger partial charge in [0.1, 0.15) is 9.84 Å². The maximum absolute atomic E-state index is 12.5. The average Bonchev–Trinajstić information content (AvgIpc) is 2.38. The Kier molecular flexibility index (Phi) is 4.41. The second-order valence-corrected chi connectivity index (χ2v) is 9.95. The number of carboxylic acid groups (broad SMARTS) is 1. The van der Waals surface area contributed by atoms with Gasteiger partial charge in [-0.25, -0.2) is 21.1 Å². The van der Waals surface area contributed by atoms with Gasteiger partial charge in [0.2, 0.25) is 10.0 Å². The van der Waals surface area contributed by atoms with Gasteiger partial charge in [-0.1, -0.05) is 0 Å². The van der Waals surface area contributed by atoms with Crippen LogP contribution >= 0.6 is 0 Å². The molecule has 0 radical (unpaired) electrons. The summed E-state index contributed by atoms with van der Waals surface area (Å²) in [5.74, 6) is -1.85. The first-order valence-electron chi connectivity index (χ1n) is 6.64. The van der Waals surface area contributed by atoms with Crippen molar-refractivity contribution >= 4 is 25.8 Å². The maximum Gasteiger partial charge on any atom is 0.307 e. The van der Waals surface area contributed by atoms with Crippen molar-refractivity contribution in [1.29, 1.82) is 0 Å². The topological polar surface area (TPSA) is 109 Å². The minimum atomic E-state index is -3.60. The molecular weight excluding hydrogens is 306 g/mol. The van der Waals surface area contributed by atoms with Crippen LogP contribution < -0.4 is 0 Å². The fourth-order valence-corrected chi connectivity index (χ4v) is 6.57. The Balaban J connectivity index is 2.08. The zero-order valence-electron chi connectivity index (χ0n) is 11.1. The summed E-state index contributed by atoms with van der Waals surface area (Å²) >= 11 is 0. The summed E-state index contributed by atoms with van der Waals surface area (Å²) in [4.78, 5) is 11.0. The second-order valence-electron chi connectivity index (χ2n) is 5.43. The number of aliphatic carboxylic acids is 1. The van der Waals surface area contributed by atoms with Gasteiger partial charge in [0.25, 0.3) is 0 Å². The van der Waals surface area contributed by atoms with Crippen LogP contribution in [0.25, 0.3) is 0 Å². The highest BCUT2D eigenvalue weighted by atomic mass is 32.2. The van der Waals surface area contributed by atoms with Gasteiger partial charge in [-0.3, -0.25) is 4.79 Å². The average molecular weight is 325 g/mol. The Morgan fingerprint density at radius 3 is 2.30 bits per heavy atom. The standard InChI is InChI=1S/C11H19NO6S2/c13-11(14)9-2-1-5-12(8-9)20(17,18)10-3-6-19(15,16)7-4-10/h9-10H,1-8H2,(H,13,14)/t9-/m0/s1. The first kappa shape index (κ1) is 15.7. The number of nitrogens with zero attached hydrogens (tertiary/aromatic N) is 1. The number of hydrogen-bond acceptors (Lipinski definition) is 5. The van der Waals surface area contributed by atoms with E-state index < -0.39 is 37.0 Å². The fraction of sp³-hybridized carbons (Fsp3) is 0.909. The predicted molar refractivity (Wildman–Crippen MR) is 72.5 cm³/mol. The molecule has 0 spiro atoms. The zero-order chi connectivity index (χ0) is 15.0. The van der Waals surface area contributed by atoms with Crippen molar-refractivity contribution in [3.63, 3.8) is 0 Å². The molecule has 2 heterocycles. The van der Waals surface area contributed by atoms with Gasteiger partial charge in [-0.15, -0.1) is 0 Å². The molecule has 0 saturated carbocycles. The van der Waals surface area contributed by atoms with Crippen LogP contribution in [0, 0.1) is 5.92 Å². The molecule has 9 heteroatoms. The van der Waals surface area contributed by atoms with Crippen LogP contribution in [0.3, 0.4) is 0 Å². The number of carbonyl (C=O) groups is 1. The lowest BCUT2D eigenvalue weighted by Gasteiger charge is -2.34. The number of sulfone groups is 1. The van der Waals surface area contributed by atoms with E-state index in [2.05, 4.69) is 0 Å². The molecule has 0 aromatic rings. The summed E-state index contributed by atoms with van der Waals surface area (Å²) in [7, 11) is -6.70. The molecule has 7 nitrogen and oxygen atoms in total. The highest BCUT2D eigenvalue weighted by molar-refractivity contribution is 7.92. The Hall–Kier alpha value is -0.670. The van der Waals surface area contributed by atoms with Gasteiger partial charge in [0.15, 0.2) is 0 Å². The van der Waals surface area contributed by atoms with Gasteiger partial charge in [0.05, 0.1) is 22.7 Å². The molecule has 1 N–H and O–H groups in total. The normalized spacial score (nSPS) is 29.1. The molecule has 0 bridgehead atoms. The third kappa shape index (κ3) is 3.32.